The Hall–Kier alpha value is -3.13. The molecule has 0 aliphatic rings. The van der Waals surface area contributed by atoms with E-state index in [2.05, 4.69) is 90.6 Å². The van der Waals surface area contributed by atoms with E-state index >= 15 is 0 Å². The van der Waals surface area contributed by atoms with Crippen molar-refractivity contribution in [3.05, 3.63) is 79.0 Å². The molecule has 0 atom stereocenters. The quantitative estimate of drug-likeness (QED) is 0.397. The van der Waals surface area contributed by atoms with E-state index in [0.717, 1.165) is 11.2 Å². The fourth-order valence-corrected chi connectivity index (χ4v) is 3.65. The fourth-order valence-electron chi connectivity index (χ4n) is 3.65. The summed E-state index contributed by atoms with van der Waals surface area (Å²) in [4.78, 5) is 5.02. The molecule has 5 rings (SSSR count). The molecule has 0 spiro atoms. The van der Waals surface area contributed by atoms with Crippen molar-refractivity contribution in [2.24, 2.45) is 7.05 Å². The molecule has 0 saturated carbocycles. The van der Waals surface area contributed by atoms with Crippen molar-refractivity contribution in [1.82, 2.24) is 9.55 Å². The Morgan fingerprint density at radius 1 is 0.708 bits per heavy atom. The van der Waals surface area contributed by atoms with Crippen molar-refractivity contribution in [2.45, 2.75) is 0 Å². The van der Waals surface area contributed by atoms with E-state index < -0.39 is 0 Å². The van der Waals surface area contributed by atoms with Gasteiger partial charge in [0, 0.05) is 29.6 Å². The van der Waals surface area contributed by atoms with Crippen molar-refractivity contribution in [3.63, 3.8) is 0 Å². The Morgan fingerprint density at radius 2 is 1.46 bits per heavy atom. The summed E-state index contributed by atoms with van der Waals surface area (Å²) >= 11 is 0. The molecule has 0 fully saturated rings. The predicted molar refractivity (Wildman–Crippen MR) is 101 cm³/mol. The van der Waals surface area contributed by atoms with Gasteiger partial charge in [0.15, 0.2) is 0 Å². The lowest BCUT2D eigenvalue weighted by Crippen LogP contribution is -1.92. The molecule has 114 valence electrons. The lowest BCUT2D eigenvalue weighted by Gasteiger charge is -2.10. The highest BCUT2D eigenvalue weighted by Gasteiger charge is 2.14. The van der Waals surface area contributed by atoms with Gasteiger partial charge in [-0.25, -0.2) is 4.98 Å². The van der Waals surface area contributed by atoms with Crippen LogP contribution in [0.4, 0.5) is 0 Å². The first-order chi connectivity index (χ1) is 11.8. The smallest absolute Gasteiger partial charge is 0.0809 e. The molecule has 0 radical (unpaired) electrons. The molecule has 0 N–H and O–H groups in total. The van der Waals surface area contributed by atoms with Gasteiger partial charge >= 0.3 is 0 Å². The van der Waals surface area contributed by atoms with E-state index in [1.165, 1.54) is 32.6 Å². The molecule has 5 aromatic rings. The van der Waals surface area contributed by atoms with Crippen molar-refractivity contribution in [3.8, 4) is 11.3 Å². The third-order valence-corrected chi connectivity index (χ3v) is 4.76. The van der Waals surface area contributed by atoms with Crippen LogP contribution in [0.15, 0.2) is 79.0 Å². The molecule has 0 unspecified atom stereocenters. The fraction of sp³-hybridized carbons (Fsp3) is 0.0455. The Balaban J connectivity index is 1.98. The summed E-state index contributed by atoms with van der Waals surface area (Å²) in [6, 6.07) is 25.5. The van der Waals surface area contributed by atoms with Gasteiger partial charge in [0.05, 0.1) is 16.7 Å². The van der Waals surface area contributed by atoms with Crippen molar-refractivity contribution < 1.29 is 0 Å². The number of rotatable bonds is 1. The number of para-hydroxylation sites is 1. The maximum atomic E-state index is 5.02. The van der Waals surface area contributed by atoms with Gasteiger partial charge in [0.1, 0.15) is 0 Å². The first kappa shape index (κ1) is 13.3. The molecule has 2 heteroatoms. The average molecular weight is 308 g/mol. The second-order valence-electron chi connectivity index (χ2n) is 6.19. The molecule has 2 aromatic heterocycles. The summed E-state index contributed by atoms with van der Waals surface area (Å²) in [6.45, 7) is 0. The van der Waals surface area contributed by atoms with Crippen LogP contribution in [0, 0.1) is 0 Å². The standard InChI is InChI=1S/C22H16N2/c1-24-14-13-19-21(23-20-12-5-4-10-18(20)22(19)24)17-11-6-8-15-7-2-3-9-16(15)17/h2-14H,1H3. The first-order valence-corrected chi connectivity index (χ1v) is 8.15. The molecule has 0 bridgehead atoms. The van der Waals surface area contributed by atoms with Gasteiger partial charge in [0.2, 0.25) is 0 Å². The molecule has 3 aromatic carbocycles. The number of fused-ring (bicyclic) bond motifs is 4. The number of aryl methyl sites for hydroxylation is 1. The maximum Gasteiger partial charge on any atom is 0.0809 e. The summed E-state index contributed by atoms with van der Waals surface area (Å²) in [6.07, 6.45) is 2.12. The van der Waals surface area contributed by atoms with Gasteiger partial charge in [-0.1, -0.05) is 60.7 Å². The van der Waals surface area contributed by atoms with Gasteiger partial charge in [-0.15, -0.1) is 0 Å². The number of hydrogen-bond donors (Lipinski definition) is 0. The second-order valence-corrected chi connectivity index (χ2v) is 6.19. The summed E-state index contributed by atoms with van der Waals surface area (Å²) < 4.78 is 2.19. The minimum atomic E-state index is 1.04. The van der Waals surface area contributed by atoms with Crippen LogP contribution < -0.4 is 0 Å². The predicted octanol–water partition coefficient (Wildman–Crippen LogP) is 5.55. The highest BCUT2D eigenvalue weighted by Crippen LogP contribution is 2.35. The van der Waals surface area contributed by atoms with Crippen molar-refractivity contribution >= 4 is 32.6 Å². The third-order valence-electron chi connectivity index (χ3n) is 4.76. The van der Waals surface area contributed by atoms with Crippen LogP contribution in [0.2, 0.25) is 0 Å². The summed E-state index contributed by atoms with van der Waals surface area (Å²) in [5, 5.41) is 4.89. The molecule has 24 heavy (non-hydrogen) atoms. The van der Waals surface area contributed by atoms with Crippen molar-refractivity contribution in [2.75, 3.05) is 0 Å². The molecule has 2 nitrogen and oxygen atoms in total. The van der Waals surface area contributed by atoms with Gasteiger partial charge < -0.3 is 4.57 Å². The maximum absolute atomic E-state index is 5.02. The number of aromatic nitrogens is 2. The van der Waals surface area contributed by atoms with Crippen LogP contribution in [0.3, 0.4) is 0 Å². The lowest BCUT2D eigenvalue weighted by molar-refractivity contribution is 0.973. The van der Waals surface area contributed by atoms with E-state index in [0.29, 0.717) is 0 Å². The highest BCUT2D eigenvalue weighted by atomic mass is 14.9. The van der Waals surface area contributed by atoms with Crippen LogP contribution >= 0.6 is 0 Å². The monoisotopic (exact) mass is 308 g/mol. The Bertz CT molecular complexity index is 1210. The minimum absolute atomic E-state index is 1.04. The third kappa shape index (κ3) is 1.80. The van der Waals surface area contributed by atoms with E-state index in [-0.39, 0.29) is 0 Å². The van der Waals surface area contributed by atoms with Gasteiger partial charge in [-0.3, -0.25) is 0 Å². The van der Waals surface area contributed by atoms with Crippen LogP contribution in [0.25, 0.3) is 43.8 Å². The van der Waals surface area contributed by atoms with Gasteiger partial charge in [-0.05, 0) is 22.9 Å². The largest absolute Gasteiger partial charge is 0.350 e. The highest BCUT2D eigenvalue weighted by molar-refractivity contribution is 6.12. The summed E-state index contributed by atoms with van der Waals surface area (Å²) in [7, 11) is 2.10. The Morgan fingerprint density at radius 3 is 2.38 bits per heavy atom. The van der Waals surface area contributed by atoms with Gasteiger partial charge in [0.25, 0.3) is 0 Å². The number of pyridine rings is 1. The van der Waals surface area contributed by atoms with Crippen molar-refractivity contribution in [1.29, 1.82) is 0 Å². The summed E-state index contributed by atoms with van der Waals surface area (Å²) in [5.41, 5.74) is 4.52. The normalized spacial score (nSPS) is 11.5. The molecule has 0 aliphatic heterocycles. The van der Waals surface area contributed by atoms with Crippen LogP contribution in [0.5, 0.6) is 0 Å². The molecule has 0 saturated heterocycles. The molecule has 0 amide bonds. The zero-order chi connectivity index (χ0) is 16.1. The van der Waals surface area contributed by atoms with E-state index in [1.54, 1.807) is 0 Å². The first-order valence-electron chi connectivity index (χ1n) is 8.15. The molecule has 0 aliphatic carbocycles. The lowest BCUT2D eigenvalue weighted by atomic mass is 9.99. The number of nitrogens with zero attached hydrogens (tertiary/aromatic N) is 2. The Kier molecular flexibility index (Phi) is 2.74. The second kappa shape index (κ2) is 4.93. The summed E-state index contributed by atoms with van der Waals surface area (Å²) in [5.74, 6) is 0. The molecular formula is C22H16N2. The molecular weight excluding hydrogens is 292 g/mol. The van der Waals surface area contributed by atoms with Crippen LogP contribution in [0.1, 0.15) is 0 Å². The molecule has 2 heterocycles. The van der Waals surface area contributed by atoms with Crippen LogP contribution in [-0.2, 0) is 7.05 Å². The number of benzene rings is 3. The van der Waals surface area contributed by atoms with E-state index in [1.807, 2.05) is 0 Å². The SMILES string of the molecule is Cn1ccc2c(-c3cccc4ccccc34)nc3ccccc3c21. The van der Waals surface area contributed by atoms with Gasteiger partial charge in [-0.2, -0.15) is 0 Å². The van der Waals surface area contributed by atoms with Crippen LogP contribution in [-0.4, -0.2) is 9.55 Å². The zero-order valence-electron chi connectivity index (χ0n) is 13.4. The van der Waals surface area contributed by atoms with E-state index in [9.17, 15) is 0 Å². The number of hydrogen-bond acceptors (Lipinski definition) is 1. The minimum Gasteiger partial charge on any atom is -0.350 e. The topological polar surface area (TPSA) is 17.8 Å². The Labute approximate surface area is 140 Å². The van der Waals surface area contributed by atoms with E-state index in [4.69, 9.17) is 4.98 Å². The average Bonchev–Trinajstić information content (AvgIpc) is 3.03. The zero-order valence-corrected chi connectivity index (χ0v) is 13.4.